The highest BCUT2D eigenvalue weighted by Crippen LogP contribution is 2.19. The summed E-state index contributed by atoms with van der Waals surface area (Å²) in [6.45, 7) is 1.81. The first-order chi connectivity index (χ1) is 6.24. The first-order valence-electron chi connectivity index (χ1n) is 3.42. The van der Waals surface area contributed by atoms with E-state index < -0.39 is 5.97 Å². The van der Waals surface area contributed by atoms with Crippen LogP contribution in [0, 0.1) is 11.8 Å². The number of aromatic nitrogens is 1. The summed E-state index contributed by atoms with van der Waals surface area (Å²) in [5.74, 6) is 4.82. The minimum Gasteiger partial charge on any atom is -0.447 e. The smallest absolute Gasteiger partial charge is 0.368 e. The lowest BCUT2D eigenvalue weighted by atomic mass is 10.6. The molecule has 68 valence electrons. The van der Waals surface area contributed by atoms with Gasteiger partial charge in [-0.25, -0.2) is 9.78 Å². The molecule has 0 bridgehead atoms. The third-order valence-electron chi connectivity index (χ3n) is 1.10. The monoisotopic (exact) mass is 259 g/mol. The molecule has 0 atom stereocenters. The molecule has 3 nitrogen and oxygen atoms in total. The standard InChI is InChI=1S/C8H6BrNO2S/c1-2-3-4-12-8(11)7-10-5-6(9)13-7/h5H,4H2,1H3. The number of halogens is 1. The molecular weight excluding hydrogens is 254 g/mol. The van der Waals surface area contributed by atoms with Crippen molar-refractivity contribution in [2.24, 2.45) is 0 Å². The summed E-state index contributed by atoms with van der Waals surface area (Å²) in [6, 6.07) is 0. The highest BCUT2D eigenvalue weighted by Gasteiger charge is 2.10. The second kappa shape index (κ2) is 5.00. The quantitative estimate of drug-likeness (QED) is 0.603. The van der Waals surface area contributed by atoms with Crippen molar-refractivity contribution in [3.05, 3.63) is 15.0 Å². The lowest BCUT2D eigenvalue weighted by Crippen LogP contribution is -2.04. The van der Waals surface area contributed by atoms with Gasteiger partial charge in [0.1, 0.15) is 0 Å². The summed E-state index contributed by atoms with van der Waals surface area (Å²) in [5.41, 5.74) is 0. The molecule has 1 heterocycles. The molecule has 0 N–H and O–H groups in total. The lowest BCUT2D eigenvalue weighted by Gasteiger charge is -1.94. The third-order valence-corrected chi connectivity index (χ3v) is 2.56. The average Bonchev–Trinajstić information content (AvgIpc) is 2.52. The Bertz CT molecular complexity index is 364. The number of carbonyl (C=O) groups is 1. The molecule has 0 aliphatic heterocycles. The minimum atomic E-state index is -0.432. The van der Waals surface area contributed by atoms with Gasteiger partial charge in [0.15, 0.2) is 6.61 Å². The third kappa shape index (κ3) is 3.17. The van der Waals surface area contributed by atoms with Crippen LogP contribution in [0.15, 0.2) is 9.98 Å². The van der Waals surface area contributed by atoms with Crippen LogP contribution >= 0.6 is 27.3 Å². The van der Waals surface area contributed by atoms with E-state index in [2.05, 4.69) is 32.8 Å². The van der Waals surface area contributed by atoms with Gasteiger partial charge in [0, 0.05) is 0 Å². The van der Waals surface area contributed by atoms with E-state index in [0.717, 1.165) is 3.79 Å². The zero-order chi connectivity index (χ0) is 9.68. The highest BCUT2D eigenvalue weighted by molar-refractivity contribution is 9.11. The Labute approximate surface area is 88.3 Å². The number of ether oxygens (including phenoxy) is 1. The van der Waals surface area contributed by atoms with Crippen LogP contribution in [0.3, 0.4) is 0 Å². The van der Waals surface area contributed by atoms with Crippen LogP contribution in [0.25, 0.3) is 0 Å². The summed E-state index contributed by atoms with van der Waals surface area (Å²) in [7, 11) is 0. The van der Waals surface area contributed by atoms with Crippen LogP contribution in [0.2, 0.25) is 0 Å². The van der Waals surface area contributed by atoms with Gasteiger partial charge in [-0.3, -0.25) is 0 Å². The van der Waals surface area contributed by atoms with Gasteiger partial charge in [0.2, 0.25) is 5.01 Å². The van der Waals surface area contributed by atoms with Crippen molar-refractivity contribution in [3.63, 3.8) is 0 Å². The molecule has 1 rings (SSSR count). The van der Waals surface area contributed by atoms with Crippen LogP contribution in [0.4, 0.5) is 0 Å². The Morgan fingerprint density at radius 1 is 1.85 bits per heavy atom. The molecule has 0 unspecified atom stereocenters. The van der Waals surface area contributed by atoms with E-state index in [1.54, 1.807) is 13.1 Å². The predicted octanol–water partition coefficient (Wildman–Crippen LogP) is 2.09. The maximum Gasteiger partial charge on any atom is 0.368 e. The van der Waals surface area contributed by atoms with Crippen molar-refractivity contribution >= 4 is 33.2 Å². The SMILES string of the molecule is CC#CCOC(=O)c1ncc(Br)s1. The van der Waals surface area contributed by atoms with Crippen LogP contribution in [-0.4, -0.2) is 17.6 Å². The summed E-state index contributed by atoms with van der Waals surface area (Å²) >= 11 is 4.44. The second-order valence-corrected chi connectivity index (χ2v) is 4.38. The van der Waals surface area contributed by atoms with E-state index in [0.29, 0.717) is 5.01 Å². The highest BCUT2D eigenvalue weighted by atomic mass is 79.9. The summed E-state index contributed by atoms with van der Waals surface area (Å²) in [4.78, 5) is 15.0. The molecule has 0 saturated heterocycles. The zero-order valence-corrected chi connectivity index (χ0v) is 9.24. The maximum atomic E-state index is 11.2. The van der Waals surface area contributed by atoms with Gasteiger partial charge in [-0.2, -0.15) is 0 Å². The van der Waals surface area contributed by atoms with Crippen molar-refractivity contribution in [2.75, 3.05) is 6.61 Å². The Morgan fingerprint density at radius 3 is 3.15 bits per heavy atom. The van der Waals surface area contributed by atoms with Crippen molar-refractivity contribution in [1.29, 1.82) is 0 Å². The fourth-order valence-electron chi connectivity index (χ4n) is 0.584. The van der Waals surface area contributed by atoms with E-state index in [1.165, 1.54) is 11.3 Å². The summed E-state index contributed by atoms with van der Waals surface area (Å²) in [5, 5.41) is 0.338. The molecule has 0 amide bonds. The molecule has 0 aliphatic carbocycles. The number of thiazole rings is 1. The van der Waals surface area contributed by atoms with Gasteiger partial charge in [-0.05, 0) is 22.9 Å². The Kier molecular flexibility index (Phi) is 3.93. The van der Waals surface area contributed by atoms with Crippen LogP contribution in [0.1, 0.15) is 16.7 Å². The molecule has 0 radical (unpaired) electrons. The van der Waals surface area contributed by atoms with E-state index in [4.69, 9.17) is 4.74 Å². The van der Waals surface area contributed by atoms with Crippen LogP contribution in [-0.2, 0) is 4.74 Å². The molecule has 1 aromatic rings. The van der Waals surface area contributed by atoms with Crippen molar-refractivity contribution in [3.8, 4) is 11.8 Å². The molecule has 0 saturated carbocycles. The van der Waals surface area contributed by atoms with Gasteiger partial charge < -0.3 is 4.74 Å². The topological polar surface area (TPSA) is 39.2 Å². The molecule has 1 aromatic heterocycles. The normalized spacial score (nSPS) is 8.77. The first-order valence-corrected chi connectivity index (χ1v) is 5.03. The Morgan fingerprint density at radius 2 is 2.62 bits per heavy atom. The van der Waals surface area contributed by atoms with Crippen LogP contribution in [0.5, 0.6) is 0 Å². The zero-order valence-electron chi connectivity index (χ0n) is 6.83. The molecule has 0 aromatic carbocycles. The number of nitrogens with zero attached hydrogens (tertiary/aromatic N) is 1. The number of esters is 1. The number of hydrogen-bond acceptors (Lipinski definition) is 4. The number of hydrogen-bond donors (Lipinski definition) is 0. The van der Waals surface area contributed by atoms with E-state index >= 15 is 0 Å². The Hall–Kier alpha value is -0.860. The predicted molar refractivity (Wildman–Crippen MR) is 53.5 cm³/mol. The van der Waals surface area contributed by atoms with Crippen molar-refractivity contribution < 1.29 is 9.53 Å². The van der Waals surface area contributed by atoms with Gasteiger partial charge in [-0.1, -0.05) is 5.92 Å². The average molecular weight is 260 g/mol. The van der Waals surface area contributed by atoms with Crippen molar-refractivity contribution in [1.82, 2.24) is 4.98 Å². The number of carbonyl (C=O) groups excluding carboxylic acids is 1. The summed E-state index contributed by atoms with van der Waals surface area (Å²) < 4.78 is 5.60. The van der Waals surface area contributed by atoms with E-state index in [-0.39, 0.29) is 6.61 Å². The maximum absolute atomic E-state index is 11.2. The fourth-order valence-corrected chi connectivity index (χ4v) is 1.68. The molecule has 0 fully saturated rings. The van der Waals surface area contributed by atoms with E-state index in [9.17, 15) is 4.79 Å². The Balaban J connectivity index is 2.52. The minimum absolute atomic E-state index is 0.118. The van der Waals surface area contributed by atoms with Crippen molar-refractivity contribution in [2.45, 2.75) is 6.92 Å². The first kappa shape index (κ1) is 10.2. The largest absolute Gasteiger partial charge is 0.447 e. The van der Waals surface area contributed by atoms with Gasteiger partial charge in [0.25, 0.3) is 0 Å². The number of rotatable bonds is 2. The molecule has 5 heteroatoms. The molecule has 13 heavy (non-hydrogen) atoms. The van der Waals surface area contributed by atoms with Gasteiger partial charge >= 0.3 is 5.97 Å². The molecular formula is C8H6BrNO2S. The molecule has 0 aliphatic rings. The fraction of sp³-hybridized carbons (Fsp3) is 0.250. The lowest BCUT2D eigenvalue weighted by molar-refractivity contribution is 0.0556. The van der Waals surface area contributed by atoms with Gasteiger partial charge in [-0.15, -0.1) is 17.3 Å². The summed E-state index contributed by atoms with van der Waals surface area (Å²) in [6.07, 6.45) is 1.56. The van der Waals surface area contributed by atoms with Crippen LogP contribution < -0.4 is 0 Å². The molecule has 0 spiro atoms. The second-order valence-electron chi connectivity index (χ2n) is 1.97. The van der Waals surface area contributed by atoms with E-state index in [1.807, 2.05) is 0 Å². The van der Waals surface area contributed by atoms with Gasteiger partial charge in [0.05, 0.1) is 9.98 Å².